The smallest absolute Gasteiger partial charge is 0.407 e. The highest BCUT2D eigenvalue weighted by molar-refractivity contribution is 5.94. The van der Waals surface area contributed by atoms with Crippen molar-refractivity contribution >= 4 is 23.6 Å². The molecule has 0 fully saturated rings. The number of alkyl carbamates (subject to hydrolysis) is 1. The van der Waals surface area contributed by atoms with Gasteiger partial charge < -0.3 is 20.7 Å². The van der Waals surface area contributed by atoms with Gasteiger partial charge in [-0.15, -0.1) is 0 Å². The number of carbonyl (C=O) groups is 3. The van der Waals surface area contributed by atoms with Crippen LogP contribution in [0.25, 0.3) is 0 Å². The SMILES string of the molecule is CC(C)(C)OC(=O)NCCC(=O)NCc1ccc(NC(=O)C(C)(C)C)cc1. The van der Waals surface area contributed by atoms with Gasteiger partial charge in [-0.3, -0.25) is 9.59 Å². The van der Waals surface area contributed by atoms with Gasteiger partial charge in [-0.05, 0) is 38.5 Å². The topological polar surface area (TPSA) is 96.5 Å². The maximum atomic E-state index is 12.0. The van der Waals surface area contributed by atoms with Crippen LogP contribution in [0.15, 0.2) is 24.3 Å². The second-order valence-corrected chi connectivity index (χ2v) is 8.36. The van der Waals surface area contributed by atoms with E-state index in [1.807, 2.05) is 32.9 Å². The summed E-state index contributed by atoms with van der Waals surface area (Å²) in [6, 6.07) is 7.29. The van der Waals surface area contributed by atoms with Crippen molar-refractivity contribution in [3.8, 4) is 0 Å². The number of benzene rings is 1. The van der Waals surface area contributed by atoms with E-state index < -0.39 is 17.1 Å². The highest BCUT2D eigenvalue weighted by atomic mass is 16.6. The molecule has 1 rings (SSSR count). The first-order valence-electron chi connectivity index (χ1n) is 9.01. The van der Waals surface area contributed by atoms with Gasteiger partial charge in [0, 0.05) is 30.6 Å². The summed E-state index contributed by atoms with van der Waals surface area (Å²) in [6.45, 7) is 11.5. The summed E-state index contributed by atoms with van der Waals surface area (Å²) in [6.07, 6.45) is -0.373. The van der Waals surface area contributed by atoms with Crippen LogP contribution in [-0.4, -0.2) is 30.1 Å². The number of hydrogen-bond donors (Lipinski definition) is 3. The van der Waals surface area contributed by atoms with Gasteiger partial charge in [0.2, 0.25) is 11.8 Å². The van der Waals surface area contributed by atoms with E-state index in [1.165, 1.54) is 0 Å². The Morgan fingerprint density at radius 1 is 0.926 bits per heavy atom. The highest BCUT2D eigenvalue weighted by Crippen LogP contribution is 2.17. The molecule has 0 saturated heterocycles. The maximum Gasteiger partial charge on any atom is 0.407 e. The van der Waals surface area contributed by atoms with E-state index in [2.05, 4.69) is 16.0 Å². The zero-order valence-corrected chi connectivity index (χ0v) is 17.1. The average molecular weight is 377 g/mol. The molecule has 0 unspecified atom stereocenters. The van der Waals surface area contributed by atoms with Crippen molar-refractivity contribution in [1.29, 1.82) is 0 Å². The van der Waals surface area contributed by atoms with Gasteiger partial charge in [0.25, 0.3) is 0 Å². The lowest BCUT2D eigenvalue weighted by Gasteiger charge is -2.19. The predicted octanol–water partition coefficient (Wildman–Crippen LogP) is 3.20. The molecule has 27 heavy (non-hydrogen) atoms. The highest BCUT2D eigenvalue weighted by Gasteiger charge is 2.21. The van der Waals surface area contributed by atoms with Gasteiger partial charge in [0.15, 0.2) is 0 Å². The number of rotatable bonds is 6. The van der Waals surface area contributed by atoms with E-state index in [4.69, 9.17) is 4.74 Å². The minimum atomic E-state index is -0.565. The molecule has 0 atom stereocenters. The molecule has 1 aromatic carbocycles. The molecule has 7 nitrogen and oxygen atoms in total. The summed E-state index contributed by atoms with van der Waals surface area (Å²) in [5, 5.41) is 8.18. The zero-order valence-electron chi connectivity index (χ0n) is 17.1. The number of anilines is 1. The first-order valence-corrected chi connectivity index (χ1v) is 9.01. The molecule has 3 N–H and O–H groups in total. The van der Waals surface area contributed by atoms with Crippen molar-refractivity contribution in [2.75, 3.05) is 11.9 Å². The van der Waals surface area contributed by atoms with Gasteiger partial charge in [0.1, 0.15) is 5.60 Å². The first kappa shape index (κ1) is 22.5. The van der Waals surface area contributed by atoms with Crippen LogP contribution in [0.2, 0.25) is 0 Å². The van der Waals surface area contributed by atoms with Crippen molar-refractivity contribution in [2.24, 2.45) is 5.41 Å². The van der Waals surface area contributed by atoms with Crippen molar-refractivity contribution in [2.45, 2.75) is 60.1 Å². The Morgan fingerprint density at radius 3 is 2.04 bits per heavy atom. The third kappa shape index (κ3) is 9.63. The van der Waals surface area contributed by atoms with Crippen molar-refractivity contribution in [1.82, 2.24) is 10.6 Å². The predicted molar refractivity (Wildman–Crippen MR) is 105 cm³/mol. The second-order valence-electron chi connectivity index (χ2n) is 8.36. The average Bonchev–Trinajstić information content (AvgIpc) is 2.51. The fraction of sp³-hybridized carbons (Fsp3) is 0.550. The van der Waals surface area contributed by atoms with E-state index in [0.29, 0.717) is 12.2 Å². The normalized spacial score (nSPS) is 11.5. The monoisotopic (exact) mass is 377 g/mol. The van der Waals surface area contributed by atoms with E-state index in [-0.39, 0.29) is 24.8 Å². The Balaban J connectivity index is 2.34. The number of hydrogen-bond acceptors (Lipinski definition) is 4. The summed E-state index contributed by atoms with van der Waals surface area (Å²) in [5.74, 6) is -0.225. The van der Waals surface area contributed by atoms with Crippen LogP contribution in [0.4, 0.5) is 10.5 Å². The Morgan fingerprint density at radius 2 is 1.52 bits per heavy atom. The van der Waals surface area contributed by atoms with Gasteiger partial charge in [-0.2, -0.15) is 0 Å². The Bertz CT molecular complexity index is 655. The standard InChI is InChI=1S/C20H31N3O4/c1-19(2,3)17(25)23-15-9-7-14(8-10-15)13-22-16(24)11-12-21-18(26)27-20(4,5)6/h7-10H,11-13H2,1-6H3,(H,21,26)(H,22,24)(H,23,25). The molecule has 150 valence electrons. The minimum Gasteiger partial charge on any atom is -0.444 e. The van der Waals surface area contributed by atoms with Crippen LogP contribution in [0, 0.1) is 5.41 Å². The summed E-state index contributed by atoms with van der Waals surface area (Å²) in [7, 11) is 0. The number of nitrogens with one attached hydrogen (secondary N) is 3. The number of ether oxygens (including phenoxy) is 1. The quantitative estimate of drug-likeness (QED) is 0.709. The molecule has 1 aromatic rings. The Kier molecular flexibility index (Phi) is 7.82. The second kappa shape index (κ2) is 9.39. The van der Waals surface area contributed by atoms with E-state index >= 15 is 0 Å². The molecule has 0 spiro atoms. The Hall–Kier alpha value is -2.57. The lowest BCUT2D eigenvalue weighted by Crippen LogP contribution is -2.35. The van der Waals surface area contributed by atoms with Crippen LogP contribution in [0.5, 0.6) is 0 Å². The van der Waals surface area contributed by atoms with Gasteiger partial charge >= 0.3 is 6.09 Å². The molecule has 7 heteroatoms. The van der Waals surface area contributed by atoms with Crippen LogP contribution >= 0.6 is 0 Å². The van der Waals surface area contributed by atoms with Crippen LogP contribution in [-0.2, 0) is 20.9 Å². The number of carbonyl (C=O) groups excluding carboxylic acids is 3. The summed E-state index contributed by atoms with van der Waals surface area (Å²) in [5.41, 5.74) is 0.606. The van der Waals surface area contributed by atoms with Crippen LogP contribution in [0.1, 0.15) is 53.5 Å². The fourth-order valence-corrected chi connectivity index (χ4v) is 1.91. The fourth-order valence-electron chi connectivity index (χ4n) is 1.91. The lowest BCUT2D eigenvalue weighted by molar-refractivity contribution is -0.123. The molecule has 0 aliphatic heterocycles. The molecule has 0 aromatic heterocycles. The molecule has 0 aliphatic rings. The molecule has 0 bridgehead atoms. The van der Waals surface area contributed by atoms with Crippen molar-refractivity contribution in [3.05, 3.63) is 29.8 Å². The summed E-state index contributed by atoms with van der Waals surface area (Å²) < 4.78 is 5.10. The third-order valence-electron chi connectivity index (χ3n) is 3.40. The van der Waals surface area contributed by atoms with Gasteiger partial charge in [-0.1, -0.05) is 32.9 Å². The summed E-state index contributed by atoms with van der Waals surface area (Å²) >= 11 is 0. The molecule has 0 heterocycles. The van der Waals surface area contributed by atoms with Gasteiger partial charge in [0.05, 0.1) is 0 Å². The van der Waals surface area contributed by atoms with E-state index in [0.717, 1.165) is 5.56 Å². The minimum absolute atomic E-state index is 0.0546. The largest absolute Gasteiger partial charge is 0.444 e. The molecule has 0 aliphatic carbocycles. The molecule has 0 radical (unpaired) electrons. The molecule has 0 saturated carbocycles. The van der Waals surface area contributed by atoms with Crippen molar-refractivity contribution < 1.29 is 19.1 Å². The van der Waals surface area contributed by atoms with E-state index in [1.54, 1.807) is 32.9 Å². The van der Waals surface area contributed by atoms with Crippen LogP contribution in [0.3, 0.4) is 0 Å². The summed E-state index contributed by atoms with van der Waals surface area (Å²) in [4.78, 5) is 35.3. The zero-order chi connectivity index (χ0) is 20.7. The Labute approximate surface area is 161 Å². The van der Waals surface area contributed by atoms with Gasteiger partial charge in [-0.25, -0.2) is 4.79 Å². The first-order chi connectivity index (χ1) is 12.4. The number of amides is 3. The third-order valence-corrected chi connectivity index (χ3v) is 3.40. The van der Waals surface area contributed by atoms with Crippen LogP contribution < -0.4 is 16.0 Å². The molecular formula is C20H31N3O4. The molecular weight excluding hydrogens is 346 g/mol. The molecule has 3 amide bonds. The lowest BCUT2D eigenvalue weighted by atomic mass is 9.95. The maximum absolute atomic E-state index is 12.0. The van der Waals surface area contributed by atoms with E-state index in [9.17, 15) is 14.4 Å². The van der Waals surface area contributed by atoms with Crippen molar-refractivity contribution in [3.63, 3.8) is 0 Å².